The summed E-state index contributed by atoms with van der Waals surface area (Å²) in [4.78, 5) is 23.5. The summed E-state index contributed by atoms with van der Waals surface area (Å²) >= 11 is 0. The molecule has 152 valence electrons. The quantitative estimate of drug-likeness (QED) is 0.504. The van der Waals surface area contributed by atoms with E-state index in [4.69, 9.17) is 4.74 Å². The van der Waals surface area contributed by atoms with Gasteiger partial charge in [0.25, 0.3) is 0 Å². The molecule has 4 rings (SSSR count). The molecule has 30 heavy (non-hydrogen) atoms. The van der Waals surface area contributed by atoms with Gasteiger partial charge < -0.3 is 15.0 Å². The first-order valence-corrected chi connectivity index (χ1v) is 9.83. The first-order chi connectivity index (χ1) is 14.4. The minimum atomic E-state index is -0.146. The molecule has 4 aromatic rings. The first-order valence-electron chi connectivity index (χ1n) is 9.83. The number of aryl methyl sites for hydroxylation is 2. The van der Waals surface area contributed by atoms with Crippen LogP contribution in [0.1, 0.15) is 29.9 Å². The molecule has 0 radical (unpaired) electrons. The molecule has 2 N–H and O–H groups in total. The number of rotatable bonds is 5. The molecular weight excluding hydrogens is 376 g/mol. The Morgan fingerprint density at radius 2 is 1.90 bits per heavy atom. The summed E-state index contributed by atoms with van der Waals surface area (Å²) in [5.41, 5.74) is 4.77. The molecule has 0 amide bonds. The van der Waals surface area contributed by atoms with Gasteiger partial charge in [-0.15, -0.1) is 0 Å². The van der Waals surface area contributed by atoms with E-state index in [2.05, 4.69) is 58.4 Å². The molecule has 0 spiro atoms. The van der Waals surface area contributed by atoms with Crippen LogP contribution in [0.5, 0.6) is 5.75 Å². The maximum absolute atomic E-state index is 11.5. The zero-order valence-corrected chi connectivity index (χ0v) is 17.5. The molecule has 0 unspecified atom stereocenters. The highest BCUT2D eigenvalue weighted by Gasteiger charge is 2.15. The Kier molecular flexibility index (Phi) is 5.23. The van der Waals surface area contributed by atoms with Crippen molar-refractivity contribution in [1.29, 1.82) is 0 Å². The SMILES string of the molecule is COc1cc2nc(C)nc(N[C@H](C)c3cccc(C)c3)c2cc1-c1ccc(=O)[nH]c1. The number of H-pyrrole nitrogens is 1. The largest absolute Gasteiger partial charge is 0.496 e. The highest BCUT2D eigenvalue weighted by Crippen LogP contribution is 2.36. The summed E-state index contributed by atoms with van der Waals surface area (Å²) in [6, 6.07) is 15.7. The molecule has 1 atom stereocenters. The van der Waals surface area contributed by atoms with Gasteiger partial charge in [0, 0.05) is 40.9 Å². The summed E-state index contributed by atoms with van der Waals surface area (Å²) in [7, 11) is 1.63. The van der Waals surface area contributed by atoms with Crippen molar-refractivity contribution in [3.05, 3.63) is 82.0 Å². The standard InChI is InChI=1S/C24H24N4O2/c1-14-6-5-7-17(10-14)15(2)26-24-20-11-19(18-8-9-23(29)25-13-18)22(30-4)12-21(20)27-16(3)28-24/h5-13,15H,1-4H3,(H,25,29)(H,26,27,28)/t15-/m1/s1. The Labute approximate surface area is 175 Å². The summed E-state index contributed by atoms with van der Waals surface area (Å²) in [5.74, 6) is 2.13. The van der Waals surface area contributed by atoms with Crippen LogP contribution in [0, 0.1) is 13.8 Å². The molecule has 2 heterocycles. The zero-order chi connectivity index (χ0) is 21.3. The van der Waals surface area contributed by atoms with E-state index in [1.54, 1.807) is 19.4 Å². The van der Waals surface area contributed by atoms with Crippen LogP contribution in [0.15, 0.2) is 59.5 Å². The van der Waals surface area contributed by atoms with Crippen molar-refractivity contribution in [1.82, 2.24) is 15.0 Å². The molecular formula is C24H24N4O2. The van der Waals surface area contributed by atoms with Gasteiger partial charge in [0.2, 0.25) is 5.56 Å². The van der Waals surface area contributed by atoms with Crippen LogP contribution < -0.4 is 15.6 Å². The average Bonchev–Trinajstić information content (AvgIpc) is 2.73. The molecule has 0 saturated carbocycles. The van der Waals surface area contributed by atoms with Gasteiger partial charge in [-0.3, -0.25) is 4.79 Å². The summed E-state index contributed by atoms with van der Waals surface area (Å²) in [5, 5.41) is 4.44. The molecule has 2 aromatic heterocycles. The summed E-state index contributed by atoms with van der Waals surface area (Å²) in [6.07, 6.45) is 1.68. The van der Waals surface area contributed by atoms with Gasteiger partial charge in [0.05, 0.1) is 12.6 Å². The van der Waals surface area contributed by atoms with Gasteiger partial charge in [0.15, 0.2) is 0 Å². The maximum Gasteiger partial charge on any atom is 0.247 e. The van der Waals surface area contributed by atoms with Crippen molar-refractivity contribution >= 4 is 16.7 Å². The molecule has 0 bridgehead atoms. The second kappa shape index (κ2) is 7.99. The molecule has 0 saturated heterocycles. The zero-order valence-electron chi connectivity index (χ0n) is 17.5. The second-order valence-electron chi connectivity index (χ2n) is 7.41. The van der Waals surface area contributed by atoms with E-state index in [-0.39, 0.29) is 11.6 Å². The minimum Gasteiger partial charge on any atom is -0.496 e. The van der Waals surface area contributed by atoms with Crippen molar-refractivity contribution in [2.75, 3.05) is 12.4 Å². The molecule has 6 nitrogen and oxygen atoms in total. The van der Waals surface area contributed by atoms with Crippen LogP contribution in [0.4, 0.5) is 5.82 Å². The van der Waals surface area contributed by atoms with E-state index in [1.165, 1.54) is 17.2 Å². The van der Waals surface area contributed by atoms with Gasteiger partial charge in [0.1, 0.15) is 17.4 Å². The number of nitrogens with one attached hydrogen (secondary N) is 2. The van der Waals surface area contributed by atoms with E-state index < -0.39 is 0 Å². The second-order valence-corrected chi connectivity index (χ2v) is 7.41. The number of hydrogen-bond acceptors (Lipinski definition) is 5. The fourth-order valence-corrected chi connectivity index (χ4v) is 3.58. The third-order valence-electron chi connectivity index (χ3n) is 5.12. The van der Waals surface area contributed by atoms with Crippen molar-refractivity contribution in [3.8, 4) is 16.9 Å². The highest BCUT2D eigenvalue weighted by atomic mass is 16.5. The van der Waals surface area contributed by atoms with Crippen LogP contribution in [0.2, 0.25) is 0 Å². The van der Waals surface area contributed by atoms with E-state index in [0.29, 0.717) is 11.6 Å². The smallest absolute Gasteiger partial charge is 0.247 e. The Balaban J connectivity index is 1.84. The van der Waals surface area contributed by atoms with E-state index in [1.807, 2.05) is 19.1 Å². The molecule has 0 aliphatic carbocycles. The van der Waals surface area contributed by atoms with Gasteiger partial charge in [-0.1, -0.05) is 29.8 Å². The Morgan fingerprint density at radius 3 is 2.60 bits per heavy atom. The van der Waals surface area contributed by atoms with Crippen LogP contribution in [0.3, 0.4) is 0 Å². The van der Waals surface area contributed by atoms with Crippen LogP contribution in [-0.4, -0.2) is 22.1 Å². The summed E-state index contributed by atoms with van der Waals surface area (Å²) in [6.45, 7) is 6.08. The first kappa shape index (κ1) is 19.6. The van der Waals surface area contributed by atoms with E-state index in [0.717, 1.165) is 27.8 Å². The predicted octanol–water partition coefficient (Wildman–Crippen LogP) is 4.78. The third-order valence-corrected chi connectivity index (χ3v) is 5.12. The summed E-state index contributed by atoms with van der Waals surface area (Å²) < 4.78 is 5.61. The number of nitrogens with zero attached hydrogens (tertiary/aromatic N) is 2. The number of ether oxygens (including phenoxy) is 1. The lowest BCUT2D eigenvalue weighted by Crippen LogP contribution is -2.10. The number of aromatic nitrogens is 3. The van der Waals surface area contributed by atoms with E-state index >= 15 is 0 Å². The lowest BCUT2D eigenvalue weighted by molar-refractivity contribution is 0.417. The maximum atomic E-state index is 11.5. The van der Waals surface area contributed by atoms with Gasteiger partial charge >= 0.3 is 0 Å². The predicted molar refractivity (Wildman–Crippen MR) is 120 cm³/mol. The van der Waals surface area contributed by atoms with Crippen molar-refractivity contribution in [2.24, 2.45) is 0 Å². The number of hydrogen-bond donors (Lipinski definition) is 2. The molecule has 0 fully saturated rings. The van der Waals surface area contributed by atoms with Crippen LogP contribution in [0.25, 0.3) is 22.0 Å². The minimum absolute atomic E-state index is 0.0704. The molecule has 0 aliphatic heterocycles. The normalized spacial score (nSPS) is 12.0. The van der Waals surface area contributed by atoms with Crippen molar-refractivity contribution < 1.29 is 4.74 Å². The van der Waals surface area contributed by atoms with Crippen molar-refractivity contribution in [2.45, 2.75) is 26.8 Å². The van der Waals surface area contributed by atoms with Crippen molar-refractivity contribution in [3.63, 3.8) is 0 Å². The molecule has 0 aliphatic rings. The monoisotopic (exact) mass is 400 g/mol. The fourth-order valence-electron chi connectivity index (χ4n) is 3.58. The average molecular weight is 400 g/mol. The Morgan fingerprint density at radius 1 is 1.07 bits per heavy atom. The van der Waals surface area contributed by atoms with Crippen LogP contribution >= 0.6 is 0 Å². The highest BCUT2D eigenvalue weighted by molar-refractivity contribution is 5.95. The number of pyridine rings is 1. The number of fused-ring (bicyclic) bond motifs is 1. The van der Waals surface area contributed by atoms with Gasteiger partial charge in [-0.05, 0) is 38.5 Å². The topological polar surface area (TPSA) is 79.9 Å². The molecule has 6 heteroatoms. The third kappa shape index (κ3) is 3.89. The lowest BCUT2D eigenvalue weighted by Gasteiger charge is -2.18. The van der Waals surface area contributed by atoms with Gasteiger partial charge in [-0.2, -0.15) is 0 Å². The fraction of sp³-hybridized carbons (Fsp3) is 0.208. The molecule has 2 aromatic carbocycles. The Hall–Kier alpha value is -3.67. The Bertz CT molecular complexity index is 1260. The van der Waals surface area contributed by atoms with Crippen LogP contribution in [-0.2, 0) is 0 Å². The number of aromatic amines is 1. The number of methoxy groups -OCH3 is 1. The lowest BCUT2D eigenvalue weighted by atomic mass is 10.0. The van der Waals surface area contributed by atoms with Gasteiger partial charge in [-0.25, -0.2) is 9.97 Å². The number of benzene rings is 2. The van der Waals surface area contributed by atoms with E-state index in [9.17, 15) is 4.79 Å². The number of anilines is 1.